The fourth-order valence-corrected chi connectivity index (χ4v) is 1.65. The van der Waals surface area contributed by atoms with Crippen LogP contribution in [0.2, 0.25) is 0 Å². The zero-order chi connectivity index (χ0) is 14.0. The van der Waals surface area contributed by atoms with E-state index in [1.54, 1.807) is 0 Å². The molecule has 0 aliphatic heterocycles. The fourth-order valence-electron chi connectivity index (χ4n) is 1.65. The Hall–Kier alpha value is -0.860. The summed E-state index contributed by atoms with van der Waals surface area (Å²) in [5.41, 5.74) is 0.720. The summed E-state index contributed by atoms with van der Waals surface area (Å²) in [7, 11) is 0. The van der Waals surface area contributed by atoms with E-state index in [0.717, 1.165) is 19.4 Å². The Kier molecular flexibility index (Phi) is 8.69. The van der Waals surface area contributed by atoms with Gasteiger partial charge in [0.2, 0.25) is 0 Å². The van der Waals surface area contributed by atoms with E-state index >= 15 is 0 Å². The van der Waals surface area contributed by atoms with Crippen molar-refractivity contribution in [3.05, 3.63) is 35.9 Å². The predicted octanol–water partition coefficient (Wildman–Crippen LogP) is 3.96. The van der Waals surface area contributed by atoms with Gasteiger partial charge >= 0.3 is 0 Å². The molecular weight excluding hydrogens is 224 g/mol. The van der Waals surface area contributed by atoms with Gasteiger partial charge < -0.3 is 9.84 Å². The normalized spacial score (nSPS) is 12.6. The summed E-state index contributed by atoms with van der Waals surface area (Å²) in [6.07, 6.45) is 1.90. The van der Waals surface area contributed by atoms with Crippen molar-refractivity contribution in [3.63, 3.8) is 0 Å². The maximum Gasteiger partial charge on any atom is 0.0616 e. The van der Waals surface area contributed by atoms with Crippen LogP contribution in [0, 0.1) is 6.92 Å². The minimum absolute atomic E-state index is 0.208. The maximum absolute atomic E-state index is 9.47. The molecule has 1 rings (SSSR count). The van der Waals surface area contributed by atoms with Gasteiger partial charge in [0, 0.05) is 13.0 Å². The highest BCUT2D eigenvalue weighted by atomic mass is 16.5. The molecule has 1 aromatic carbocycles. The van der Waals surface area contributed by atoms with Crippen molar-refractivity contribution < 1.29 is 9.84 Å². The van der Waals surface area contributed by atoms with Crippen LogP contribution in [0.4, 0.5) is 0 Å². The molecule has 0 aliphatic carbocycles. The molecule has 0 saturated heterocycles. The van der Waals surface area contributed by atoms with Gasteiger partial charge in [0.25, 0.3) is 0 Å². The molecule has 0 fully saturated rings. The summed E-state index contributed by atoms with van der Waals surface area (Å²) in [4.78, 5) is 0. The number of hydrogen-bond acceptors (Lipinski definition) is 2. The monoisotopic (exact) mass is 252 g/mol. The second kappa shape index (κ2) is 9.12. The Morgan fingerprint density at radius 1 is 1.17 bits per heavy atom. The first-order valence-corrected chi connectivity index (χ1v) is 6.74. The van der Waals surface area contributed by atoms with Gasteiger partial charge in [-0.15, -0.1) is 0 Å². The van der Waals surface area contributed by atoms with Crippen molar-refractivity contribution in [3.8, 4) is 0 Å². The fraction of sp³-hybridized carbons (Fsp3) is 0.625. The molecule has 1 unspecified atom stereocenters. The van der Waals surface area contributed by atoms with E-state index in [-0.39, 0.29) is 6.10 Å². The van der Waals surface area contributed by atoms with E-state index < -0.39 is 5.60 Å². The summed E-state index contributed by atoms with van der Waals surface area (Å²) in [5.74, 6) is 0. The average Bonchev–Trinajstić information content (AvgIpc) is 2.28. The maximum atomic E-state index is 9.47. The quantitative estimate of drug-likeness (QED) is 0.859. The number of benzene rings is 1. The lowest BCUT2D eigenvalue weighted by molar-refractivity contribution is -0.0177. The first-order chi connectivity index (χ1) is 8.39. The lowest BCUT2D eigenvalue weighted by Gasteiger charge is -2.23. The van der Waals surface area contributed by atoms with Gasteiger partial charge in [-0.25, -0.2) is 0 Å². The summed E-state index contributed by atoms with van der Waals surface area (Å²) in [5, 5.41) is 9.47. The third-order valence-corrected chi connectivity index (χ3v) is 2.53. The van der Waals surface area contributed by atoms with Crippen LogP contribution in [-0.4, -0.2) is 23.4 Å². The molecule has 1 aromatic rings. The minimum atomic E-state index is -0.601. The van der Waals surface area contributed by atoms with Gasteiger partial charge in [-0.3, -0.25) is 0 Å². The van der Waals surface area contributed by atoms with Gasteiger partial charge in [0.15, 0.2) is 0 Å². The summed E-state index contributed by atoms with van der Waals surface area (Å²) >= 11 is 0. The van der Waals surface area contributed by atoms with Crippen LogP contribution < -0.4 is 0 Å². The van der Waals surface area contributed by atoms with Crippen LogP contribution in [0.1, 0.15) is 46.1 Å². The van der Waals surface area contributed by atoms with Gasteiger partial charge in [0.1, 0.15) is 0 Å². The molecule has 0 radical (unpaired) electrons. The molecule has 0 heterocycles. The first-order valence-electron chi connectivity index (χ1n) is 6.74. The van der Waals surface area contributed by atoms with Gasteiger partial charge in [-0.05, 0) is 34.1 Å². The zero-order valence-corrected chi connectivity index (χ0v) is 12.4. The molecule has 0 saturated carbocycles. The highest BCUT2D eigenvalue weighted by Crippen LogP contribution is 2.15. The Labute approximate surface area is 112 Å². The Morgan fingerprint density at radius 3 is 2.00 bits per heavy atom. The Bertz CT molecular complexity index is 288. The van der Waals surface area contributed by atoms with E-state index in [2.05, 4.69) is 26.0 Å². The van der Waals surface area contributed by atoms with E-state index in [9.17, 15) is 5.11 Å². The highest BCUT2D eigenvalue weighted by Gasteiger charge is 2.18. The lowest BCUT2D eigenvalue weighted by atomic mass is 10.00. The largest absolute Gasteiger partial charge is 0.390 e. The summed E-state index contributed by atoms with van der Waals surface area (Å²) in [6, 6.07) is 10.3. The number of rotatable bonds is 5. The summed E-state index contributed by atoms with van der Waals surface area (Å²) < 4.78 is 5.41. The standard InChI is InChI=1S/C9H20O2.C7H8/c1-5-8(11-6-2)7-9(3,4)10;1-7-5-3-2-4-6-7/h8,10H,5-7H2,1-4H3;2-6H,1H3. The van der Waals surface area contributed by atoms with E-state index in [4.69, 9.17) is 4.74 Å². The molecule has 104 valence electrons. The van der Waals surface area contributed by atoms with E-state index in [1.807, 2.05) is 39.0 Å². The number of aliphatic hydroxyl groups is 1. The SMILES string of the molecule is CCOC(CC)CC(C)(C)O.Cc1ccccc1. The first kappa shape index (κ1) is 17.1. The van der Waals surface area contributed by atoms with Crippen molar-refractivity contribution in [1.29, 1.82) is 0 Å². The highest BCUT2D eigenvalue weighted by molar-refractivity contribution is 5.11. The number of aryl methyl sites for hydroxylation is 1. The number of ether oxygens (including phenoxy) is 1. The van der Waals surface area contributed by atoms with Crippen LogP contribution in [0.3, 0.4) is 0 Å². The molecule has 0 aromatic heterocycles. The van der Waals surface area contributed by atoms with Crippen LogP contribution >= 0.6 is 0 Å². The molecule has 0 spiro atoms. The molecule has 2 heteroatoms. The summed E-state index contributed by atoms with van der Waals surface area (Å²) in [6.45, 7) is 10.5. The molecular formula is C16H28O2. The zero-order valence-electron chi connectivity index (χ0n) is 12.4. The molecule has 0 aliphatic rings. The van der Waals surface area contributed by atoms with Gasteiger partial charge in [-0.1, -0.05) is 42.8 Å². The second-order valence-corrected chi connectivity index (χ2v) is 5.16. The smallest absolute Gasteiger partial charge is 0.0616 e. The average molecular weight is 252 g/mol. The molecule has 0 amide bonds. The predicted molar refractivity (Wildman–Crippen MR) is 77.8 cm³/mol. The van der Waals surface area contributed by atoms with Gasteiger partial charge in [-0.2, -0.15) is 0 Å². The molecule has 1 N–H and O–H groups in total. The second-order valence-electron chi connectivity index (χ2n) is 5.16. The van der Waals surface area contributed by atoms with E-state index in [0.29, 0.717) is 0 Å². The minimum Gasteiger partial charge on any atom is -0.390 e. The van der Waals surface area contributed by atoms with Crippen molar-refractivity contribution in [2.45, 2.75) is 59.2 Å². The van der Waals surface area contributed by atoms with Crippen LogP contribution in [0.15, 0.2) is 30.3 Å². The van der Waals surface area contributed by atoms with Crippen molar-refractivity contribution in [1.82, 2.24) is 0 Å². The third-order valence-electron chi connectivity index (χ3n) is 2.53. The molecule has 2 nitrogen and oxygen atoms in total. The number of hydrogen-bond donors (Lipinski definition) is 1. The lowest BCUT2D eigenvalue weighted by Crippen LogP contribution is -2.27. The third kappa shape index (κ3) is 10.3. The van der Waals surface area contributed by atoms with Crippen LogP contribution in [0.25, 0.3) is 0 Å². The van der Waals surface area contributed by atoms with Gasteiger partial charge in [0.05, 0.1) is 11.7 Å². The van der Waals surface area contributed by atoms with Crippen LogP contribution in [0.5, 0.6) is 0 Å². The van der Waals surface area contributed by atoms with Crippen molar-refractivity contribution in [2.24, 2.45) is 0 Å². The van der Waals surface area contributed by atoms with Crippen molar-refractivity contribution >= 4 is 0 Å². The topological polar surface area (TPSA) is 29.5 Å². The van der Waals surface area contributed by atoms with Crippen molar-refractivity contribution in [2.75, 3.05) is 6.61 Å². The molecule has 1 atom stereocenters. The molecule has 0 bridgehead atoms. The molecule has 18 heavy (non-hydrogen) atoms. The van der Waals surface area contributed by atoms with Crippen LogP contribution in [-0.2, 0) is 4.74 Å². The van der Waals surface area contributed by atoms with E-state index in [1.165, 1.54) is 5.56 Å². The Balaban J connectivity index is 0.000000351. The Morgan fingerprint density at radius 2 is 1.72 bits per heavy atom.